The Hall–Kier alpha value is -3.11. The first kappa shape index (κ1) is 21.6. The molecule has 1 amide bonds. The van der Waals surface area contributed by atoms with Crippen LogP contribution in [0.25, 0.3) is 11.2 Å². The standard InChI is InChI=1S/C18H17Cl2N5O5/c1-9-4-5-10(19)14(13(9)20)22-11(26)7-30-12(27)6-25-8-21-16-15(25)17(28)24(3)18(29)23(16)2/h4-5,8H,6-7H2,1-3H3,(H,22,26). The van der Waals surface area contributed by atoms with Crippen molar-refractivity contribution in [1.82, 2.24) is 18.7 Å². The molecule has 3 rings (SSSR count). The molecule has 0 aliphatic rings. The maximum absolute atomic E-state index is 12.4. The smallest absolute Gasteiger partial charge is 0.332 e. The summed E-state index contributed by atoms with van der Waals surface area (Å²) in [6, 6.07) is 3.29. The van der Waals surface area contributed by atoms with Gasteiger partial charge in [-0.25, -0.2) is 9.78 Å². The van der Waals surface area contributed by atoms with Gasteiger partial charge in [0.2, 0.25) is 0 Å². The van der Waals surface area contributed by atoms with Crippen LogP contribution in [0.15, 0.2) is 28.0 Å². The highest BCUT2D eigenvalue weighted by Gasteiger charge is 2.18. The zero-order valence-corrected chi connectivity index (χ0v) is 17.7. The summed E-state index contributed by atoms with van der Waals surface area (Å²) in [5.41, 5.74) is 0.0165. The first-order valence-electron chi connectivity index (χ1n) is 8.62. The number of hydrogen-bond donors (Lipinski definition) is 1. The van der Waals surface area contributed by atoms with Gasteiger partial charge in [0.25, 0.3) is 11.5 Å². The molecule has 0 saturated carbocycles. The van der Waals surface area contributed by atoms with E-state index in [1.54, 1.807) is 19.1 Å². The molecule has 0 spiro atoms. The van der Waals surface area contributed by atoms with Crippen LogP contribution >= 0.6 is 23.2 Å². The minimum atomic E-state index is -0.776. The number of hydrogen-bond acceptors (Lipinski definition) is 6. The molecule has 158 valence electrons. The van der Waals surface area contributed by atoms with E-state index in [1.807, 2.05) is 0 Å². The number of fused-ring (bicyclic) bond motifs is 1. The van der Waals surface area contributed by atoms with Crippen LogP contribution < -0.4 is 16.6 Å². The largest absolute Gasteiger partial charge is 0.454 e. The van der Waals surface area contributed by atoms with Gasteiger partial charge in [0, 0.05) is 14.1 Å². The molecule has 0 bridgehead atoms. The van der Waals surface area contributed by atoms with Crippen molar-refractivity contribution in [2.24, 2.45) is 14.1 Å². The molecular weight excluding hydrogens is 437 g/mol. The lowest BCUT2D eigenvalue weighted by Gasteiger charge is -2.11. The van der Waals surface area contributed by atoms with E-state index in [9.17, 15) is 19.2 Å². The molecule has 2 aromatic heterocycles. The lowest BCUT2D eigenvalue weighted by atomic mass is 10.2. The zero-order valence-electron chi connectivity index (χ0n) is 16.2. The number of benzene rings is 1. The maximum Gasteiger partial charge on any atom is 0.332 e. The summed E-state index contributed by atoms with van der Waals surface area (Å²) < 4.78 is 8.33. The van der Waals surface area contributed by atoms with Gasteiger partial charge in [0.1, 0.15) is 6.54 Å². The van der Waals surface area contributed by atoms with Crippen LogP contribution in [0.2, 0.25) is 10.0 Å². The second kappa shape index (κ2) is 8.33. The van der Waals surface area contributed by atoms with Gasteiger partial charge in [0.15, 0.2) is 17.8 Å². The monoisotopic (exact) mass is 453 g/mol. The maximum atomic E-state index is 12.4. The first-order chi connectivity index (χ1) is 14.1. The van der Waals surface area contributed by atoms with Crippen molar-refractivity contribution in [1.29, 1.82) is 0 Å². The molecule has 0 radical (unpaired) electrons. The molecular formula is C18H17Cl2N5O5. The molecule has 0 aliphatic heterocycles. The molecule has 1 N–H and O–H groups in total. The Morgan fingerprint density at radius 1 is 1.17 bits per heavy atom. The van der Waals surface area contributed by atoms with Gasteiger partial charge < -0.3 is 14.6 Å². The van der Waals surface area contributed by atoms with E-state index in [-0.39, 0.29) is 33.4 Å². The molecule has 1 aromatic carbocycles. The van der Waals surface area contributed by atoms with E-state index < -0.39 is 29.7 Å². The average molecular weight is 454 g/mol. The highest BCUT2D eigenvalue weighted by Crippen LogP contribution is 2.32. The summed E-state index contributed by atoms with van der Waals surface area (Å²) in [6.45, 7) is 0.801. The van der Waals surface area contributed by atoms with Crippen LogP contribution in [0.5, 0.6) is 0 Å². The normalized spacial score (nSPS) is 11.0. The lowest BCUT2D eigenvalue weighted by molar-refractivity contribution is -0.147. The fraction of sp³-hybridized carbons (Fsp3) is 0.278. The zero-order chi connectivity index (χ0) is 22.2. The SMILES string of the molecule is Cc1ccc(Cl)c(NC(=O)COC(=O)Cn2cnc3c2c(=O)n(C)c(=O)n3C)c1Cl. The number of ether oxygens (including phenoxy) is 1. The van der Waals surface area contributed by atoms with Gasteiger partial charge in [0.05, 0.1) is 22.1 Å². The van der Waals surface area contributed by atoms with Crippen molar-refractivity contribution < 1.29 is 14.3 Å². The lowest BCUT2D eigenvalue weighted by Crippen LogP contribution is -2.37. The number of aryl methyl sites for hydroxylation is 2. The highest BCUT2D eigenvalue weighted by molar-refractivity contribution is 6.40. The van der Waals surface area contributed by atoms with Crippen molar-refractivity contribution in [2.45, 2.75) is 13.5 Å². The van der Waals surface area contributed by atoms with Crippen molar-refractivity contribution in [3.63, 3.8) is 0 Å². The molecule has 10 nitrogen and oxygen atoms in total. The quantitative estimate of drug-likeness (QED) is 0.580. The Morgan fingerprint density at radius 3 is 2.57 bits per heavy atom. The summed E-state index contributed by atoms with van der Waals surface area (Å²) in [7, 11) is 2.79. The van der Waals surface area contributed by atoms with Crippen LogP contribution in [-0.4, -0.2) is 37.2 Å². The molecule has 0 unspecified atom stereocenters. The van der Waals surface area contributed by atoms with Crippen molar-refractivity contribution >= 4 is 51.9 Å². The first-order valence-corrected chi connectivity index (χ1v) is 9.38. The highest BCUT2D eigenvalue weighted by atomic mass is 35.5. The van der Waals surface area contributed by atoms with Crippen molar-refractivity contribution in [2.75, 3.05) is 11.9 Å². The van der Waals surface area contributed by atoms with Crippen molar-refractivity contribution in [3.8, 4) is 0 Å². The molecule has 0 atom stereocenters. The Balaban J connectivity index is 1.70. The number of carbonyl (C=O) groups is 2. The van der Waals surface area contributed by atoms with E-state index in [1.165, 1.54) is 29.6 Å². The topological polar surface area (TPSA) is 117 Å². The number of halogens is 2. The van der Waals surface area contributed by atoms with Crippen LogP contribution in [0.1, 0.15) is 5.56 Å². The summed E-state index contributed by atoms with van der Waals surface area (Å²) in [4.78, 5) is 52.6. The average Bonchev–Trinajstić information content (AvgIpc) is 3.13. The van der Waals surface area contributed by atoms with E-state index in [2.05, 4.69) is 10.3 Å². The molecule has 0 fully saturated rings. The van der Waals surface area contributed by atoms with Crippen LogP contribution in [0.4, 0.5) is 5.69 Å². The third kappa shape index (κ3) is 3.96. The molecule has 2 heterocycles. The van der Waals surface area contributed by atoms with Crippen LogP contribution in [0, 0.1) is 6.92 Å². The van der Waals surface area contributed by atoms with Gasteiger partial charge in [-0.15, -0.1) is 0 Å². The fourth-order valence-electron chi connectivity index (χ4n) is 2.79. The number of nitrogens with zero attached hydrogens (tertiary/aromatic N) is 4. The van der Waals surface area contributed by atoms with Gasteiger partial charge >= 0.3 is 11.7 Å². The number of aromatic nitrogens is 4. The number of amides is 1. The van der Waals surface area contributed by atoms with Gasteiger partial charge in [-0.05, 0) is 18.6 Å². The summed E-state index contributed by atoms with van der Waals surface area (Å²) in [6.07, 6.45) is 1.25. The van der Waals surface area contributed by atoms with E-state index >= 15 is 0 Å². The second-order valence-corrected chi connectivity index (χ2v) is 7.30. The summed E-state index contributed by atoms with van der Waals surface area (Å²) >= 11 is 12.2. The number of anilines is 1. The van der Waals surface area contributed by atoms with Crippen LogP contribution in [-0.2, 0) is 35.0 Å². The second-order valence-electron chi connectivity index (χ2n) is 6.51. The van der Waals surface area contributed by atoms with Crippen molar-refractivity contribution in [3.05, 3.63) is 54.9 Å². The Labute approximate surface area is 179 Å². The predicted molar refractivity (Wildman–Crippen MR) is 111 cm³/mol. The van der Waals surface area contributed by atoms with E-state index in [4.69, 9.17) is 27.9 Å². The number of rotatable bonds is 5. The van der Waals surface area contributed by atoms with E-state index in [0.29, 0.717) is 0 Å². The molecule has 3 aromatic rings. The van der Waals surface area contributed by atoms with Gasteiger partial charge in [-0.1, -0.05) is 29.3 Å². The molecule has 30 heavy (non-hydrogen) atoms. The molecule has 12 heteroatoms. The predicted octanol–water partition coefficient (Wildman–Crippen LogP) is 1.23. The third-order valence-electron chi connectivity index (χ3n) is 4.43. The number of carbonyl (C=O) groups excluding carboxylic acids is 2. The van der Waals surface area contributed by atoms with Gasteiger partial charge in [-0.2, -0.15) is 0 Å². The van der Waals surface area contributed by atoms with Gasteiger partial charge in [-0.3, -0.25) is 23.5 Å². The van der Waals surface area contributed by atoms with Crippen LogP contribution in [0.3, 0.4) is 0 Å². The Bertz CT molecular complexity index is 1290. The molecule has 0 saturated heterocycles. The fourth-order valence-corrected chi connectivity index (χ4v) is 3.26. The summed E-state index contributed by atoms with van der Waals surface area (Å²) in [5.74, 6) is -1.41. The third-order valence-corrected chi connectivity index (χ3v) is 5.23. The van der Waals surface area contributed by atoms with E-state index in [0.717, 1.165) is 10.1 Å². The minimum absolute atomic E-state index is 0.0688. The number of imidazole rings is 1. The Kier molecular flexibility index (Phi) is 5.99. The molecule has 0 aliphatic carbocycles. The number of nitrogens with one attached hydrogen (secondary N) is 1. The Morgan fingerprint density at radius 2 is 1.87 bits per heavy atom. The minimum Gasteiger partial charge on any atom is -0.454 e. The summed E-state index contributed by atoms with van der Waals surface area (Å²) in [5, 5.41) is 3.04. The number of esters is 1.